The minimum atomic E-state index is 0.450. The minimum absolute atomic E-state index is 0.450. The number of aromatic nitrogens is 1. The van der Waals surface area contributed by atoms with Crippen LogP contribution in [0.4, 0.5) is 5.69 Å². The summed E-state index contributed by atoms with van der Waals surface area (Å²) < 4.78 is 0. The van der Waals surface area contributed by atoms with Crippen LogP contribution in [0.2, 0.25) is 5.02 Å². The number of rotatable bonds is 4. The van der Waals surface area contributed by atoms with E-state index in [0.29, 0.717) is 17.5 Å². The predicted molar refractivity (Wildman–Crippen MR) is 73.5 cm³/mol. The molecule has 0 aliphatic rings. The van der Waals surface area contributed by atoms with Crippen LogP contribution in [0.3, 0.4) is 0 Å². The highest BCUT2D eigenvalue weighted by molar-refractivity contribution is 6.31. The number of halogens is 1. The quantitative estimate of drug-likeness (QED) is 0.876. The van der Waals surface area contributed by atoms with E-state index in [4.69, 9.17) is 17.3 Å². The number of nitrogens with one attached hydrogen (secondary N) is 1. The first-order chi connectivity index (χ1) is 8.20. The van der Waals surface area contributed by atoms with Gasteiger partial charge in [0, 0.05) is 28.8 Å². The molecule has 0 fully saturated rings. The van der Waals surface area contributed by atoms with E-state index in [-0.39, 0.29) is 0 Å². The average molecular weight is 250 g/mol. The van der Waals surface area contributed by atoms with E-state index >= 15 is 0 Å². The van der Waals surface area contributed by atoms with Gasteiger partial charge in [0.2, 0.25) is 0 Å². The van der Waals surface area contributed by atoms with Gasteiger partial charge in [-0.3, -0.25) is 4.98 Å². The topological polar surface area (TPSA) is 50.9 Å². The van der Waals surface area contributed by atoms with Crippen LogP contribution in [0, 0.1) is 5.92 Å². The molecule has 0 saturated heterocycles. The van der Waals surface area contributed by atoms with Crippen molar-refractivity contribution in [3.8, 4) is 0 Å². The lowest BCUT2D eigenvalue weighted by atomic mass is 10.1. The van der Waals surface area contributed by atoms with Crippen molar-refractivity contribution in [1.29, 1.82) is 0 Å². The summed E-state index contributed by atoms with van der Waals surface area (Å²) in [4.78, 5) is 4.30. The summed E-state index contributed by atoms with van der Waals surface area (Å²) in [6, 6.07) is 7.71. The zero-order valence-electron chi connectivity index (χ0n) is 9.78. The second-order valence-corrected chi connectivity index (χ2v) is 4.68. The van der Waals surface area contributed by atoms with Crippen LogP contribution in [-0.4, -0.2) is 18.1 Å². The first kappa shape index (κ1) is 12.1. The summed E-state index contributed by atoms with van der Waals surface area (Å²) in [5.41, 5.74) is 7.58. The van der Waals surface area contributed by atoms with Gasteiger partial charge in [0.05, 0.1) is 5.52 Å². The highest BCUT2D eigenvalue weighted by Crippen LogP contribution is 2.24. The second kappa shape index (κ2) is 5.34. The van der Waals surface area contributed by atoms with Crippen molar-refractivity contribution in [2.24, 2.45) is 11.7 Å². The largest absolute Gasteiger partial charge is 0.384 e. The van der Waals surface area contributed by atoms with Crippen molar-refractivity contribution in [2.45, 2.75) is 6.92 Å². The number of benzene rings is 1. The fourth-order valence-corrected chi connectivity index (χ4v) is 1.81. The Labute approximate surface area is 106 Å². The first-order valence-electron chi connectivity index (χ1n) is 5.69. The zero-order chi connectivity index (χ0) is 12.3. The average Bonchev–Trinajstić information content (AvgIpc) is 2.35. The van der Waals surface area contributed by atoms with Gasteiger partial charge in [-0.2, -0.15) is 0 Å². The minimum Gasteiger partial charge on any atom is -0.384 e. The van der Waals surface area contributed by atoms with Crippen molar-refractivity contribution in [1.82, 2.24) is 4.98 Å². The summed E-state index contributed by atoms with van der Waals surface area (Å²) in [5.74, 6) is 0.450. The van der Waals surface area contributed by atoms with Crippen LogP contribution >= 0.6 is 11.6 Å². The van der Waals surface area contributed by atoms with Crippen molar-refractivity contribution in [3.63, 3.8) is 0 Å². The molecule has 0 bridgehead atoms. The van der Waals surface area contributed by atoms with E-state index in [9.17, 15) is 0 Å². The van der Waals surface area contributed by atoms with E-state index < -0.39 is 0 Å². The standard InChI is InChI=1S/C13H16ClN3/c1-9(7-15)8-17-12-4-5-16-13-6-10(14)2-3-11(12)13/h2-6,9H,7-8,15H2,1H3,(H,16,17). The number of hydrogen-bond acceptors (Lipinski definition) is 3. The summed E-state index contributed by atoms with van der Waals surface area (Å²) in [6.45, 7) is 3.66. The fraction of sp³-hybridized carbons (Fsp3) is 0.308. The molecule has 2 aromatic rings. The molecule has 0 radical (unpaired) electrons. The van der Waals surface area contributed by atoms with E-state index in [2.05, 4.69) is 17.2 Å². The van der Waals surface area contributed by atoms with E-state index in [1.54, 1.807) is 6.20 Å². The maximum atomic E-state index is 5.94. The molecule has 1 aromatic heterocycles. The van der Waals surface area contributed by atoms with Crippen molar-refractivity contribution >= 4 is 28.2 Å². The summed E-state index contributed by atoms with van der Waals surface area (Å²) in [6.07, 6.45) is 1.79. The Morgan fingerprint density at radius 1 is 1.41 bits per heavy atom. The number of fused-ring (bicyclic) bond motifs is 1. The van der Waals surface area contributed by atoms with Gasteiger partial charge in [0.25, 0.3) is 0 Å². The predicted octanol–water partition coefficient (Wildman–Crippen LogP) is 2.89. The van der Waals surface area contributed by atoms with Crippen LogP contribution < -0.4 is 11.1 Å². The Kier molecular flexibility index (Phi) is 3.82. The molecular formula is C13H16ClN3. The van der Waals surface area contributed by atoms with Gasteiger partial charge in [0.1, 0.15) is 0 Å². The lowest BCUT2D eigenvalue weighted by molar-refractivity contribution is 0.628. The molecule has 0 aliphatic heterocycles. The Morgan fingerprint density at radius 3 is 3.00 bits per heavy atom. The van der Waals surface area contributed by atoms with Gasteiger partial charge in [-0.15, -0.1) is 0 Å². The monoisotopic (exact) mass is 249 g/mol. The molecule has 1 heterocycles. The van der Waals surface area contributed by atoms with Crippen molar-refractivity contribution < 1.29 is 0 Å². The normalized spacial score (nSPS) is 12.6. The second-order valence-electron chi connectivity index (χ2n) is 4.24. The molecule has 0 amide bonds. The summed E-state index contributed by atoms with van der Waals surface area (Å²) in [5, 5.41) is 5.19. The van der Waals surface area contributed by atoms with E-state index in [1.165, 1.54) is 0 Å². The fourth-order valence-electron chi connectivity index (χ4n) is 1.64. The van der Waals surface area contributed by atoms with Gasteiger partial charge < -0.3 is 11.1 Å². The molecule has 0 saturated carbocycles. The molecule has 2 rings (SSSR count). The third-order valence-electron chi connectivity index (χ3n) is 2.75. The van der Waals surface area contributed by atoms with Crippen molar-refractivity contribution in [2.75, 3.05) is 18.4 Å². The first-order valence-corrected chi connectivity index (χ1v) is 6.06. The Hall–Kier alpha value is -1.32. The molecular weight excluding hydrogens is 234 g/mol. The maximum absolute atomic E-state index is 5.94. The van der Waals surface area contributed by atoms with Gasteiger partial charge in [0.15, 0.2) is 0 Å². The summed E-state index contributed by atoms with van der Waals surface area (Å²) in [7, 11) is 0. The molecule has 1 unspecified atom stereocenters. The number of anilines is 1. The Morgan fingerprint density at radius 2 is 2.24 bits per heavy atom. The number of nitrogens with zero attached hydrogens (tertiary/aromatic N) is 1. The smallest absolute Gasteiger partial charge is 0.0737 e. The Balaban J connectivity index is 2.28. The molecule has 3 N–H and O–H groups in total. The third kappa shape index (κ3) is 2.87. The molecule has 0 aliphatic carbocycles. The van der Waals surface area contributed by atoms with Crippen LogP contribution in [0.15, 0.2) is 30.5 Å². The highest BCUT2D eigenvalue weighted by Gasteiger charge is 2.04. The van der Waals surface area contributed by atoms with Crippen LogP contribution in [0.25, 0.3) is 10.9 Å². The van der Waals surface area contributed by atoms with Gasteiger partial charge in [-0.05, 0) is 36.7 Å². The Bertz CT molecular complexity index is 513. The molecule has 3 nitrogen and oxygen atoms in total. The number of pyridine rings is 1. The molecule has 90 valence electrons. The molecule has 1 aromatic carbocycles. The molecule has 4 heteroatoms. The van der Waals surface area contributed by atoms with Gasteiger partial charge in [-0.1, -0.05) is 18.5 Å². The molecule has 17 heavy (non-hydrogen) atoms. The number of hydrogen-bond donors (Lipinski definition) is 2. The van der Waals surface area contributed by atoms with Crippen LogP contribution in [0.5, 0.6) is 0 Å². The van der Waals surface area contributed by atoms with E-state index in [0.717, 1.165) is 23.1 Å². The van der Waals surface area contributed by atoms with Crippen LogP contribution in [0.1, 0.15) is 6.92 Å². The SMILES string of the molecule is CC(CN)CNc1ccnc2cc(Cl)ccc12. The van der Waals surface area contributed by atoms with Gasteiger partial charge in [-0.25, -0.2) is 0 Å². The number of nitrogens with two attached hydrogens (primary N) is 1. The highest BCUT2D eigenvalue weighted by atomic mass is 35.5. The lowest BCUT2D eigenvalue weighted by Crippen LogP contribution is -2.19. The molecule has 1 atom stereocenters. The van der Waals surface area contributed by atoms with E-state index in [1.807, 2.05) is 24.3 Å². The van der Waals surface area contributed by atoms with Crippen molar-refractivity contribution in [3.05, 3.63) is 35.5 Å². The lowest BCUT2D eigenvalue weighted by Gasteiger charge is -2.13. The van der Waals surface area contributed by atoms with Crippen LogP contribution in [-0.2, 0) is 0 Å². The third-order valence-corrected chi connectivity index (χ3v) is 2.98. The molecule has 0 spiro atoms. The maximum Gasteiger partial charge on any atom is 0.0737 e. The van der Waals surface area contributed by atoms with Gasteiger partial charge >= 0.3 is 0 Å². The zero-order valence-corrected chi connectivity index (χ0v) is 10.5. The summed E-state index contributed by atoms with van der Waals surface area (Å²) >= 11 is 5.94.